The second-order valence-electron chi connectivity index (χ2n) is 2.73. The van der Waals surface area contributed by atoms with Crippen LogP contribution >= 0.6 is 0 Å². The molecule has 3 heteroatoms. The Kier molecular flexibility index (Phi) is 3.51. The highest BCUT2D eigenvalue weighted by atomic mass is 16.5. The maximum Gasteiger partial charge on any atom is 0.319 e. The molecule has 0 amide bonds. The maximum atomic E-state index is 11.0. The number of esters is 1. The fraction of sp³-hybridized carbons (Fsp3) is 0.500. The van der Waals surface area contributed by atoms with E-state index in [1.165, 1.54) is 19.9 Å². The van der Waals surface area contributed by atoms with Gasteiger partial charge in [-0.15, -0.1) is 0 Å². The van der Waals surface area contributed by atoms with Crippen molar-refractivity contribution in [2.45, 2.75) is 13.8 Å². The van der Waals surface area contributed by atoms with Crippen molar-refractivity contribution in [3.63, 3.8) is 0 Å². The van der Waals surface area contributed by atoms with Gasteiger partial charge in [0.2, 0.25) is 0 Å². The maximum absolute atomic E-state index is 11.0. The lowest BCUT2D eigenvalue weighted by atomic mass is 9.96. The van der Waals surface area contributed by atoms with E-state index in [-0.39, 0.29) is 6.61 Å². The van der Waals surface area contributed by atoms with Gasteiger partial charge in [0.1, 0.15) is 18.3 Å². The molecule has 0 aromatic carbocycles. The monoisotopic (exact) mass is 156 g/mol. The Morgan fingerprint density at radius 1 is 1.64 bits per heavy atom. The normalized spacial score (nSPS) is 10.4. The van der Waals surface area contributed by atoms with E-state index in [1.54, 1.807) is 0 Å². The van der Waals surface area contributed by atoms with Crippen molar-refractivity contribution in [1.29, 1.82) is 0 Å². The van der Waals surface area contributed by atoms with Crippen molar-refractivity contribution < 1.29 is 14.3 Å². The van der Waals surface area contributed by atoms with Crippen LogP contribution in [0.4, 0.5) is 0 Å². The number of rotatable bonds is 4. The minimum atomic E-state index is -1.04. The molecule has 0 aliphatic rings. The zero-order valence-electron chi connectivity index (χ0n) is 6.79. The molecule has 0 heterocycles. The van der Waals surface area contributed by atoms with Gasteiger partial charge < -0.3 is 9.53 Å². The molecule has 0 rings (SSSR count). The van der Waals surface area contributed by atoms with Crippen LogP contribution in [-0.4, -0.2) is 18.9 Å². The molecule has 3 nitrogen and oxygen atoms in total. The molecule has 0 spiro atoms. The van der Waals surface area contributed by atoms with Crippen LogP contribution in [0, 0.1) is 5.41 Å². The molecular weight excluding hydrogens is 144 g/mol. The topological polar surface area (TPSA) is 43.4 Å². The van der Waals surface area contributed by atoms with E-state index in [1.807, 2.05) is 0 Å². The van der Waals surface area contributed by atoms with Gasteiger partial charge in [-0.25, -0.2) is 0 Å². The number of carbonyl (C=O) groups is 2. The predicted molar refractivity (Wildman–Crippen MR) is 41.0 cm³/mol. The van der Waals surface area contributed by atoms with Crippen LogP contribution < -0.4 is 0 Å². The van der Waals surface area contributed by atoms with E-state index in [0.29, 0.717) is 6.29 Å². The average molecular weight is 156 g/mol. The molecule has 62 valence electrons. The first-order valence-electron chi connectivity index (χ1n) is 3.29. The first kappa shape index (κ1) is 9.88. The highest BCUT2D eigenvalue weighted by Gasteiger charge is 2.28. The van der Waals surface area contributed by atoms with E-state index in [2.05, 4.69) is 11.3 Å². The van der Waals surface area contributed by atoms with Crippen LogP contribution in [0.2, 0.25) is 0 Å². The molecule has 0 aromatic heterocycles. The summed E-state index contributed by atoms with van der Waals surface area (Å²) in [6.07, 6.45) is 2.03. The molecule has 0 N–H and O–H groups in total. The van der Waals surface area contributed by atoms with Gasteiger partial charge >= 0.3 is 5.97 Å². The Bertz CT molecular complexity index is 170. The summed E-state index contributed by atoms with van der Waals surface area (Å²) < 4.78 is 4.66. The number of hydrogen-bond donors (Lipinski definition) is 0. The molecule has 0 bridgehead atoms. The van der Waals surface area contributed by atoms with Gasteiger partial charge in [0.15, 0.2) is 0 Å². The van der Waals surface area contributed by atoms with Gasteiger partial charge in [0.25, 0.3) is 0 Å². The van der Waals surface area contributed by atoms with Crippen molar-refractivity contribution in [3.8, 4) is 0 Å². The molecule has 0 aromatic rings. The highest BCUT2D eigenvalue weighted by Crippen LogP contribution is 2.12. The van der Waals surface area contributed by atoms with E-state index >= 15 is 0 Å². The molecule has 0 saturated carbocycles. The fourth-order valence-corrected chi connectivity index (χ4v) is 0.369. The van der Waals surface area contributed by atoms with Crippen molar-refractivity contribution >= 4 is 12.3 Å². The highest BCUT2D eigenvalue weighted by molar-refractivity contribution is 5.92. The lowest BCUT2D eigenvalue weighted by Gasteiger charge is -2.13. The summed E-state index contributed by atoms with van der Waals surface area (Å²) in [5, 5.41) is 0. The number of aldehydes is 1. The molecule has 0 fully saturated rings. The summed E-state index contributed by atoms with van der Waals surface area (Å²) in [5.74, 6) is -0.521. The molecule has 0 aliphatic carbocycles. The molecule has 0 atom stereocenters. The summed E-state index contributed by atoms with van der Waals surface area (Å²) >= 11 is 0. The molecule has 0 saturated heterocycles. The van der Waals surface area contributed by atoms with Crippen LogP contribution in [0.1, 0.15) is 13.8 Å². The Labute approximate surface area is 66.0 Å². The second-order valence-corrected chi connectivity index (χ2v) is 2.73. The molecular formula is C8H12O3. The predicted octanol–water partition coefficient (Wildman–Crippen LogP) is 0.941. The van der Waals surface area contributed by atoms with Gasteiger partial charge in [-0.3, -0.25) is 4.79 Å². The van der Waals surface area contributed by atoms with Crippen LogP contribution in [0.25, 0.3) is 0 Å². The van der Waals surface area contributed by atoms with Crippen molar-refractivity contribution in [2.24, 2.45) is 5.41 Å². The first-order chi connectivity index (χ1) is 5.04. The van der Waals surface area contributed by atoms with Gasteiger partial charge in [0.05, 0.1) is 0 Å². The summed E-state index contributed by atoms with van der Waals surface area (Å²) in [6, 6.07) is 0. The minimum absolute atomic E-state index is 0.149. The third-order valence-electron chi connectivity index (χ3n) is 1.15. The third-order valence-corrected chi connectivity index (χ3v) is 1.15. The zero-order chi connectivity index (χ0) is 8.91. The third kappa shape index (κ3) is 2.98. The van der Waals surface area contributed by atoms with Gasteiger partial charge in [-0.1, -0.05) is 12.7 Å². The Balaban J connectivity index is 4.01. The molecule has 11 heavy (non-hydrogen) atoms. The van der Waals surface area contributed by atoms with Crippen LogP contribution in [0.5, 0.6) is 0 Å². The SMILES string of the molecule is C=CCOC(=O)C(C)(C)C=O. The van der Waals surface area contributed by atoms with Crippen LogP contribution in [-0.2, 0) is 14.3 Å². The number of carbonyl (C=O) groups excluding carboxylic acids is 2. The molecule has 0 radical (unpaired) electrons. The second kappa shape index (κ2) is 3.91. The first-order valence-corrected chi connectivity index (χ1v) is 3.29. The van der Waals surface area contributed by atoms with Crippen LogP contribution in [0.15, 0.2) is 12.7 Å². The van der Waals surface area contributed by atoms with Crippen LogP contribution in [0.3, 0.4) is 0 Å². The Morgan fingerprint density at radius 3 is 2.55 bits per heavy atom. The lowest BCUT2D eigenvalue weighted by molar-refractivity contribution is -0.154. The van der Waals surface area contributed by atoms with E-state index in [4.69, 9.17) is 0 Å². The number of hydrogen-bond acceptors (Lipinski definition) is 3. The molecule has 0 unspecified atom stereocenters. The van der Waals surface area contributed by atoms with Crippen molar-refractivity contribution in [2.75, 3.05) is 6.61 Å². The van der Waals surface area contributed by atoms with Crippen molar-refractivity contribution in [1.82, 2.24) is 0 Å². The van der Waals surface area contributed by atoms with E-state index in [0.717, 1.165) is 0 Å². The summed E-state index contributed by atoms with van der Waals surface area (Å²) in [6.45, 7) is 6.53. The minimum Gasteiger partial charge on any atom is -0.461 e. The Hall–Kier alpha value is -1.12. The lowest BCUT2D eigenvalue weighted by Crippen LogP contribution is -2.27. The largest absolute Gasteiger partial charge is 0.461 e. The quantitative estimate of drug-likeness (QED) is 0.263. The zero-order valence-corrected chi connectivity index (χ0v) is 6.79. The number of ether oxygens (including phenoxy) is 1. The van der Waals surface area contributed by atoms with Gasteiger partial charge in [0, 0.05) is 0 Å². The van der Waals surface area contributed by atoms with Gasteiger partial charge in [-0.2, -0.15) is 0 Å². The molecule has 0 aliphatic heterocycles. The summed E-state index contributed by atoms with van der Waals surface area (Å²) in [5.41, 5.74) is -1.04. The summed E-state index contributed by atoms with van der Waals surface area (Å²) in [4.78, 5) is 21.3. The average Bonchev–Trinajstić information content (AvgIpc) is 2.00. The van der Waals surface area contributed by atoms with E-state index in [9.17, 15) is 9.59 Å². The van der Waals surface area contributed by atoms with Gasteiger partial charge in [-0.05, 0) is 13.8 Å². The summed E-state index contributed by atoms with van der Waals surface area (Å²) in [7, 11) is 0. The fourth-order valence-electron chi connectivity index (χ4n) is 0.369. The van der Waals surface area contributed by atoms with Crippen molar-refractivity contribution in [3.05, 3.63) is 12.7 Å². The Morgan fingerprint density at radius 2 is 2.18 bits per heavy atom. The smallest absolute Gasteiger partial charge is 0.319 e. The van der Waals surface area contributed by atoms with E-state index < -0.39 is 11.4 Å². The standard InChI is InChI=1S/C8H12O3/c1-4-5-11-7(10)8(2,3)6-9/h4,6H,1,5H2,2-3H3.